The minimum Gasteiger partial charge on any atom is -1.00 e. The lowest BCUT2D eigenvalue weighted by Crippen LogP contribution is -2.21. The van der Waals surface area contributed by atoms with Crippen molar-refractivity contribution in [2.45, 2.75) is 47.8 Å². The third-order valence-electron chi connectivity index (χ3n) is 17.3. The summed E-state index contributed by atoms with van der Waals surface area (Å²) < 4.78 is 135. The van der Waals surface area contributed by atoms with E-state index in [1.807, 2.05) is 36.4 Å². The number of rotatable bonds is 18. The molecule has 24 nitrogen and oxygen atoms in total. The van der Waals surface area contributed by atoms with Crippen molar-refractivity contribution in [2.24, 2.45) is 0 Å². The lowest BCUT2D eigenvalue weighted by atomic mass is 10.1. The molecule has 0 aliphatic carbocycles. The first-order valence-corrected chi connectivity index (χ1v) is 46.1. The zero-order valence-electron chi connectivity index (χ0n) is 66.3. The maximum atomic E-state index is 13.1. The molecule has 0 aliphatic rings. The molecule has 33 heteroatoms. The Hall–Kier alpha value is -11.8. The van der Waals surface area contributed by atoms with Crippen molar-refractivity contribution in [3.8, 4) is 11.5 Å². The fourth-order valence-corrected chi connectivity index (χ4v) is 15.3. The van der Waals surface area contributed by atoms with E-state index in [0.717, 1.165) is 11.4 Å². The van der Waals surface area contributed by atoms with Crippen LogP contribution in [-0.4, -0.2) is 109 Å². The lowest BCUT2D eigenvalue weighted by molar-refractivity contribution is 0.101. The lowest BCUT2D eigenvalue weighted by Gasteiger charge is -2.13. The first-order valence-electron chi connectivity index (χ1n) is 36.2. The van der Waals surface area contributed by atoms with Gasteiger partial charge in [-0.2, -0.15) is 16.8 Å². The van der Waals surface area contributed by atoms with Gasteiger partial charge in [0.25, 0.3) is 62.3 Å². The van der Waals surface area contributed by atoms with Crippen LogP contribution in [0.25, 0.3) is 43.1 Å². The van der Waals surface area contributed by atoms with Gasteiger partial charge >= 0.3 is 0 Å². The molecule has 122 heavy (non-hydrogen) atoms. The number of carbonyl (C=O) groups excluding carboxylic acids is 4. The Bertz CT molecular complexity index is 6200. The number of carbonyl (C=O) groups is 4. The molecule has 0 aromatic heterocycles. The normalized spacial score (nSPS) is 10.8. The van der Waals surface area contributed by atoms with Crippen LogP contribution in [0.5, 0.6) is 11.5 Å². The summed E-state index contributed by atoms with van der Waals surface area (Å²) in [7, 11) is -0.259. The first kappa shape index (κ1) is 99.0. The number of nitrogens with two attached hydrogens (primary N) is 2. The Balaban J connectivity index is 0.000000265. The van der Waals surface area contributed by atoms with E-state index in [-0.39, 0.29) is 46.2 Å². The molecule has 640 valence electrons. The molecule has 0 aliphatic heterocycles. The van der Waals surface area contributed by atoms with Gasteiger partial charge in [0.15, 0.2) is 0 Å². The molecule has 0 atom stereocenters. The topological polar surface area (TPSA) is 384 Å². The van der Waals surface area contributed by atoms with E-state index in [1.165, 1.54) is 50.0 Å². The summed E-state index contributed by atoms with van der Waals surface area (Å²) in [5, 5.41) is 12.2. The maximum absolute atomic E-state index is 13.1. The maximum Gasteiger partial charge on any atom is 0.295 e. The van der Waals surface area contributed by atoms with Crippen molar-refractivity contribution in [2.75, 3.05) is 66.0 Å². The molecule has 10 N–H and O–H groups in total. The fraction of sp³-hybridized carbons (Fsp3) is 0.101. The third kappa shape index (κ3) is 30.1. The summed E-state index contributed by atoms with van der Waals surface area (Å²) in [6, 6.07) is 87.8. The SMILES string of the molecule is C.CCN(CC)CC.COc1ccc(N)cc1.COc1ccc(NS(=O)(=O)c2cccc3c(NC(=O)c4ccccc4)cccc23)cc1.Nc1cccc2c(S(=O)(=O)O)cccc12.O=C(Cl)c1ccccc1.O=C(Nc1cccc2c(S(=O)(=O)Cl)cccc12)c1ccccc1.O=C(Nc1cccc2c(S(=O)(=O)O)cccc12)c1ccccc1.O=S(Cl)Cl.[H-]. The number of halogens is 4. The van der Waals surface area contributed by atoms with Gasteiger partial charge in [0.2, 0.25) is 9.23 Å². The number of hydrogen-bond donors (Lipinski definition) is 8. The number of ether oxygens (including phenoxy) is 2. The molecule has 0 spiro atoms. The molecule has 0 bridgehead atoms. The van der Waals surface area contributed by atoms with Gasteiger partial charge in [-0.25, -0.2) is 21.0 Å². The van der Waals surface area contributed by atoms with Gasteiger partial charge < -0.3 is 43.2 Å². The van der Waals surface area contributed by atoms with Crippen molar-refractivity contribution >= 4 is 192 Å². The Morgan fingerprint density at radius 1 is 0.385 bits per heavy atom. The van der Waals surface area contributed by atoms with Crippen molar-refractivity contribution in [3.63, 3.8) is 0 Å². The molecule has 0 unspecified atom stereocenters. The van der Waals surface area contributed by atoms with Gasteiger partial charge in [0.1, 0.15) is 21.3 Å². The second-order valence-electron chi connectivity index (χ2n) is 25.1. The van der Waals surface area contributed by atoms with Crippen molar-refractivity contribution in [1.82, 2.24) is 4.90 Å². The summed E-state index contributed by atoms with van der Waals surface area (Å²) in [6.45, 7) is 10.1. The fourth-order valence-electron chi connectivity index (χ4n) is 11.4. The number of anilines is 6. The van der Waals surface area contributed by atoms with Gasteiger partial charge in [-0.15, -0.1) is 0 Å². The largest absolute Gasteiger partial charge is 1.00 e. The Morgan fingerprint density at radius 2 is 0.664 bits per heavy atom. The summed E-state index contributed by atoms with van der Waals surface area (Å²) in [5.41, 5.74) is 16.4. The predicted octanol–water partition coefficient (Wildman–Crippen LogP) is 20.4. The van der Waals surface area contributed by atoms with Gasteiger partial charge in [-0.3, -0.25) is 33.0 Å². The van der Waals surface area contributed by atoms with Crippen LogP contribution in [0.3, 0.4) is 0 Å². The van der Waals surface area contributed by atoms with E-state index in [4.69, 9.17) is 52.0 Å². The van der Waals surface area contributed by atoms with Crippen LogP contribution < -0.4 is 41.6 Å². The highest BCUT2D eigenvalue weighted by molar-refractivity contribution is 8.26. The molecular formula is C89H88Cl4N7O17S5-. The van der Waals surface area contributed by atoms with Crippen LogP contribution in [0.2, 0.25) is 0 Å². The molecule has 0 saturated heterocycles. The van der Waals surface area contributed by atoms with E-state index in [9.17, 15) is 57.4 Å². The standard InChI is InChI=1S/C24H20N2O4S.C17H12ClNO3S.C17H13NO4S.C10H9NO3S.C7H5ClO.C7H9NO.C6H15N.CH4.Cl2OS.H/c1-30-19-15-13-18(14-16-19)26-31(28,29)23-12-6-9-20-21(23)10-5-11-22(20)25-24(27)17-7-3-2-4-8-17;18-23(21,22)16-11-5-8-13-14(16)9-4-10-15(13)19-17(20)12-6-2-1-3-7-12;19-17(12-6-2-1-3-7-12)18-15-10-4-9-14-13(15)8-5-11-16(14)23(20,21)22;11-9-5-1-4-8-7(9)3-2-6-10(8)15(12,13)14;8-7(9)6-4-2-1-3-5-6;1-9-7-4-2-6(8)3-5-7;1-4-7(5-2)6-3;;1-4(2)3;/h2-16,26H,1H3,(H,25,27);1-11H,(H,19,20);1-11H,(H,18,19)(H,20,21,22);1-6H,11H2,(H,12,13,14);1-5H;2-5H,8H2,1H3;4-6H2,1-3H3;1H4;;/q;;;;;;;;;-1. The predicted molar refractivity (Wildman–Crippen MR) is 495 cm³/mol. The number of nitrogens with one attached hydrogen (secondary N) is 4. The van der Waals surface area contributed by atoms with Gasteiger partial charge in [-0.1, -0.05) is 210 Å². The number of nitrogens with zero attached hydrogens (tertiary/aromatic N) is 1. The molecule has 14 rings (SSSR count). The van der Waals surface area contributed by atoms with E-state index in [0.29, 0.717) is 99.5 Å². The number of methoxy groups -OCH3 is 2. The van der Waals surface area contributed by atoms with Crippen LogP contribution in [0.1, 0.15) is 71.1 Å². The third-order valence-corrected chi connectivity index (χ3v) is 22.2. The van der Waals surface area contributed by atoms with Crippen molar-refractivity contribution < 1.29 is 77.1 Å². The smallest absolute Gasteiger partial charge is 0.295 e. The second kappa shape index (κ2) is 48.0. The highest BCUT2D eigenvalue weighted by Gasteiger charge is 2.22. The molecule has 0 radical (unpaired) electrons. The van der Waals surface area contributed by atoms with Crippen LogP contribution in [0.4, 0.5) is 34.1 Å². The van der Waals surface area contributed by atoms with Crippen LogP contribution >= 0.6 is 43.6 Å². The quantitative estimate of drug-likeness (QED) is 0.0225. The second-order valence-corrected chi connectivity index (χ2v) is 34.9. The average Bonchev–Trinajstić information content (AvgIpc) is 0.561. The van der Waals surface area contributed by atoms with E-state index >= 15 is 0 Å². The minimum atomic E-state index is -4.34. The molecule has 0 fully saturated rings. The summed E-state index contributed by atoms with van der Waals surface area (Å²) in [4.78, 5) is 49.7. The number of fused-ring (bicyclic) bond motifs is 4. The van der Waals surface area contributed by atoms with Crippen LogP contribution in [0, 0.1) is 0 Å². The summed E-state index contributed by atoms with van der Waals surface area (Å²) >= 11 is 5.16. The zero-order chi connectivity index (χ0) is 88.5. The van der Waals surface area contributed by atoms with Gasteiger partial charge in [0, 0.05) is 132 Å². The highest BCUT2D eigenvalue weighted by Crippen LogP contribution is 2.35. The Kier molecular flexibility index (Phi) is 38.9. The number of hydrogen-bond acceptors (Lipinski definition) is 18. The van der Waals surface area contributed by atoms with E-state index in [1.54, 1.807) is 263 Å². The van der Waals surface area contributed by atoms with Crippen molar-refractivity contribution in [3.05, 3.63) is 338 Å². The van der Waals surface area contributed by atoms with Crippen molar-refractivity contribution in [1.29, 1.82) is 0 Å². The van der Waals surface area contributed by atoms with Gasteiger partial charge in [-0.05, 0) is 165 Å². The number of sulfonamides is 1. The molecule has 0 saturated carbocycles. The minimum absolute atomic E-state index is 0. The summed E-state index contributed by atoms with van der Waals surface area (Å²) in [6.07, 6.45) is 0. The average molecular weight is 1830 g/mol. The van der Waals surface area contributed by atoms with E-state index in [2.05, 4.69) is 67.7 Å². The number of nitrogen functional groups attached to an aromatic ring is 2. The molecular weight excluding hydrogens is 1740 g/mol. The van der Waals surface area contributed by atoms with Crippen LogP contribution in [0.15, 0.2) is 335 Å². The molecule has 0 heterocycles. The molecule has 14 aromatic rings. The van der Waals surface area contributed by atoms with E-state index < -0.39 is 53.8 Å². The number of benzene rings is 14. The van der Waals surface area contributed by atoms with Gasteiger partial charge in [0.05, 0.1) is 24.0 Å². The zero-order valence-corrected chi connectivity index (χ0v) is 72.4. The monoisotopic (exact) mass is 1830 g/mol. The summed E-state index contributed by atoms with van der Waals surface area (Å²) in [5.74, 6) is 0.640. The Morgan fingerprint density at radius 3 is 0.975 bits per heavy atom. The van der Waals surface area contributed by atoms with Crippen LogP contribution in [-0.2, 0) is 48.5 Å². The molecule has 3 amide bonds. The highest BCUT2D eigenvalue weighted by atomic mass is 36.0. The Labute approximate surface area is 731 Å². The number of amides is 3. The molecule has 14 aromatic carbocycles. The first-order chi connectivity index (χ1) is 57.6.